The van der Waals surface area contributed by atoms with Gasteiger partial charge in [0.1, 0.15) is 6.10 Å². The van der Waals surface area contributed by atoms with E-state index >= 15 is 0 Å². The lowest BCUT2D eigenvalue weighted by Crippen LogP contribution is -2.33. The molecule has 4 aliphatic rings. The fourth-order valence-electron chi connectivity index (χ4n) is 8.56. The van der Waals surface area contributed by atoms with Gasteiger partial charge in [-0.25, -0.2) is 0 Å². The van der Waals surface area contributed by atoms with Gasteiger partial charge in [-0.2, -0.15) is 0 Å². The van der Waals surface area contributed by atoms with E-state index in [-0.39, 0.29) is 18.0 Å². The van der Waals surface area contributed by atoms with Crippen LogP contribution in [0.1, 0.15) is 149 Å². The third kappa shape index (κ3) is 7.49. The number of hydrogen-bond donors (Lipinski definition) is 0. The van der Waals surface area contributed by atoms with Gasteiger partial charge in [0.05, 0.1) is 5.92 Å². The van der Waals surface area contributed by atoms with Crippen molar-refractivity contribution in [3.63, 3.8) is 0 Å². The summed E-state index contributed by atoms with van der Waals surface area (Å²) in [4.78, 5) is 12.9. The molecule has 0 aromatic rings. The molecule has 0 aliphatic heterocycles. The molecule has 0 heterocycles. The minimum Gasteiger partial charge on any atom is -0.462 e. The quantitative estimate of drug-likeness (QED) is 0.312. The first-order chi connectivity index (χ1) is 16.7. The van der Waals surface area contributed by atoms with Crippen LogP contribution in [0.3, 0.4) is 0 Å². The molecule has 2 nitrogen and oxygen atoms in total. The number of unbranched alkanes of at least 4 members (excludes halogenated alkanes) is 1. The zero-order valence-corrected chi connectivity index (χ0v) is 22.8. The van der Waals surface area contributed by atoms with Crippen molar-refractivity contribution in [1.29, 1.82) is 0 Å². The predicted octanol–water partition coefficient (Wildman–Crippen LogP) is 9.50. The molecule has 4 saturated carbocycles. The van der Waals surface area contributed by atoms with Gasteiger partial charge < -0.3 is 4.74 Å². The van der Waals surface area contributed by atoms with Crippen LogP contribution in [-0.2, 0) is 9.53 Å². The van der Waals surface area contributed by atoms with E-state index in [0.29, 0.717) is 0 Å². The van der Waals surface area contributed by atoms with Crippen molar-refractivity contribution in [3.05, 3.63) is 0 Å². The van der Waals surface area contributed by atoms with Crippen molar-refractivity contribution in [2.75, 3.05) is 0 Å². The molecule has 34 heavy (non-hydrogen) atoms. The van der Waals surface area contributed by atoms with E-state index in [2.05, 4.69) is 13.8 Å². The van der Waals surface area contributed by atoms with Crippen molar-refractivity contribution in [2.45, 2.75) is 155 Å². The first-order valence-electron chi connectivity index (χ1n) is 15.9. The maximum Gasteiger partial charge on any atom is 0.309 e. The van der Waals surface area contributed by atoms with E-state index in [1.165, 1.54) is 109 Å². The molecule has 2 heteroatoms. The molecule has 0 atom stereocenters. The van der Waals surface area contributed by atoms with Crippen molar-refractivity contribution in [1.82, 2.24) is 0 Å². The summed E-state index contributed by atoms with van der Waals surface area (Å²) in [6.45, 7) is 4.65. The molecule has 0 spiro atoms. The molecule has 4 rings (SSSR count). The molecule has 0 saturated heterocycles. The van der Waals surface area contributed by atoms with Crippen LogP contribution in [0.4, 0.5) is 0 Å². The molecule has 4 fully saturated rings. The Morgan fingerprint density at radius 2 is 1.00 bits per heavy atom. The highest BCUT2D eigenvalue weighted by atomic mass is 16.5. The van der Waals surface area contributed by atoms with Crippen LogP contribution < -0.4 is 0 Å². The first kappa shape index (κ1) is 26.5. The Morgan fingerprint density at radius 1 is 0.559 bits per heavy atom. The Morgan fingerprint density at radius 3 is 1.47 bits per heavy atom. The second kappa shape index (κ2) is 13.7. The van der Waals surface area contributed by atoms with Gasteiger partial charge in [-0.3, -0.25) is 4.79 Å². The summed E-state index contributed by atoms with van der Waals surface area (Å²) in [5.41, 5.74) is 0. The van der Waals surface area contributed by atoms with Crippen LogP contribution in [-0.4, -0.2) is 12.1 Å². The molecular formula is C32H56O2. The van der Waals surface area contributed by atoms with Crippen molar-refractivity contribution in [2.24, 2.45) is 41.4 Å². The zero-order chi connectivity index (χ0) is 23.8. The summed E-state index contributed by atoms with van der Waals surface area (Å²) in [5, 5.41) is 0. The summed E-state index contributed by atoms with van der Waals surface area (Å²) in [7, 11) is 0. The number of ether oxygens (including phenoxy) is 1. The Labute approximate surface area is 211 Å². The second-order valence-electron chi connectivity index (χ2n) is 13.1. The molecule has 0 N–H and O–H groups in total. The number of carbonyl (C=O) groups is 1. The fourth-order valence-corrected chi connectivity index (χ4v) is 8.56. The third-order valence-corrected chi connectivity index (χ3v) is 10.9. The van der Waals surface area contributed by atoms with Crippen LogP contribution >= 0.6 is 0 Å². The molecule has 0 unspecified atom stereocenters. The van der Waals surface area contributed by atoms with E-state index in [1.54, 1.807) is 0 Å². The van der Waals surface area contributed by atoms with Gasteiger partial charge in [-0.1, -0.05) is 71.6 Å². The van der Waals surface area contributed by atoms with Gasteiger partial charge in [0.15, 0.2) is 0 Å². The lowest BCUT2D eigenvalue weighted by molar-refractivity contribution is -0.158. The Hall–Kier alpha value is -0.530. The fraction of sp³-hybridized carbons (Fsp3) is 0.969. The molecule has 4 aliphatic carbocycles. The highest BCUT2D eigenvalue weighted by Gasteiger charge is 2.36. The summed E-state index contributed by atoms with van der Waals surface area (Å²) >= 11 is 0. The standard InChI is InChI=1S/C32H56O2/c1-3-5-7-25-10-14-27(15-11-25)29-20-22-31(23-21-29)34-32(33)30-18-16-28(17-19-30)26-12-8-24(6-4-2)9-13-26/h24-31H,3-23H2,1-2H3. The number of rotatable bonds is 9. The summed E-state index contributed by atoms with van der Waals surface area (Å²) in [5.74, 6) is 6.07. The van der Waals surface area contributed by atoms with E-state index in [0.717, 1.165) is 61.2 Å². The van der Waals surface area contributed by atoms with Crippen LogP contribution in [0.2, 0.25) is 0 Å². The number of carbonyl (C=O) groups excluding carboxylic acids is 1. The maximum absolute atomic E-state index is 12.9. The summed E-state index contributed by atoms with van der Waals surface area (Å²) in [6, 6.07) is 0. The molecule has 0 bridgehead atoms. The smallest absolute Gasteiger partial charge is 0.309 e. The van der Waals surface area contributed by atoms with Crippen molar-refractivity contribution < 1.29 is 9.53 Å². The highest BCUT2D eigenvalue weighted by Crippen LogP contribution is 2.44. The Kier molecular flexibility index (Phi) is 10.7. The van der Waals surface area contributed by atoms with Crippen molar-refractivity contribution >= 4 is 5.97 Å². The van der Waals surface area contributed by atoms with Crippen molar-refractivity contribution in [3.8, 4) is 0 Å². The lowest BCUT2D eigenvalue weighted by atomic mass is 9.68. The zero-order valence-electron chi connectivity index (χ0n) is 22.8. The highest BCUT2D eigenvalue weighted by molar-refractivity contribution is 5.72. The minimum absolute atomic E-state index is 0.157. The molecule has 0 aromatic carbocycles. The molecule has 196 valence electrons. The topological polar surface area (TPSA) is 26.3 Å². The summed E-state index contributed by atoms with van der Waals surface area (Å²) in [6.07, 6.45) is 28.5. The monoisotopic (exact) mass is 472 g/mol. The van der Waals surface area contributed by atoms with E-state index < -0.39 is 0 Å². The van der Waals surface area contributed by atoms with Gasteiger partial charge in [0.25, 0.3) is 0 Å². The van der Waals surface area contributed by atoms with Gasteiger partial charge in [0.2, 0.25) is 0 Å². The normalized spacial score (nSPS) is 39.5. The summed E-state index contributed by atoms with van der Waals surface area (Å²) < 4.78 is 6.11. The average molecular weight is 473 g/mol. The molecule has 0 aromatic heterocycles. The molecule has 0 radical (unpaired) electrons. The maximum atomic E-state index is 12.9. The van der Waals surface area contributed by atoms with E-state index in [1.807, 2.05) is 0 Å². The Balaban J connectivity index is 1.10. The average Bonchev–Trinajstić information content (AvgIpc) is 2.89. The predicted molar refractivity (Wildman–Crippen MR) is 143 cm³/mol. The van der Waals surface area contributed by atoms with Gasteiger partial charge in [-0.15, -0.1) is 0 Å². The first-order valence-corrected chi connectivity index (χ1v) is 15.9. The van der Waals surface area contributed by atoms with E-state index in [4.69, 9.17) is 4.74 Å². The molecule has 0 amide bonds. The number of hydrogen-bond acceptors (Lipinski definition) is 2. The van der Waals surface area contributed by atoms with Gasteiger partial charge >= 0.3 is 5.97 Å². The van der Waals surface area contributed by atoms with Crippen LogP contribution in [0.5, 0.6) is 0 Å². The minimum atomic E-state index is 0.157. The second-order valence-corrected chi connectivity index (χ2v) is 13.1. The largest absolute Gasteiger partial charge is 0.462 e. The Bertz CT molecular complexity index is 568. The van der Waals surface area contributed by atoms with Gasteiger partial charge in [0, 0.05) is 0 Å². The van der Waals surface area contributed by atoms with Crippen LogP contribution in [0.25, 0.3) is 0 Å². The number of esters is 1. The lowest BCUT2D eigenvalue weighted by Gasteiger charge is -2.39. The van der Waals surface area contributed by atoms with Crippen LogP contribution in [0.15, 0.2) is 0 Å². The third-order valence-electron chi connectivity index (χ3n) is 10.9. The molecular weight excluding hydrogens is 416 g/mol. The van der Waals surface area contributed by atoms with Crippen LogP contribution in [0, 0.1) is 41.4 Å². The van der Waals surface area contributed by atoms with Gasteiger partial charge in [-0.05, 0) is 113 Å². The SMILES string of the molecule is CCCCC1CCC(C2CCC(OC(=O)C3CCC(C4CCC(CCC)CC4)CC3)CC2)CC1. The van der Waals surface area contributed by atoms with E-state index in [9.17, 15) is 4.79 Å².